The summed E-state index contributed by atoms with van der Waals surface area (Å²) in [6.45, 7) is 3.02. The van der Waals surface area contributed by atoms with Gasteiger partial charge in [0.25, 0.3) is 0 Å². The second-order valence-electron chi connectivity index (χ2n) is 4.44. The number of nitrogens with zero attached hydrogens (tertiary/aromatic N) is 1. The zero-order valence-electron chi connectivity index (χ0n) is 9.53. The van der Waals surface area contributed by atoms with Gasteiger partial charge in [-0.25, -0.2) is 0 Å². The Kier molecular flexibility index (Phi) is 3.04. The van der Waals surface area contributed by atoms with E-state index in [1.165, 1.54) is 11.1 Å². The summed E-state index contributed by atoms with van der Waals surface area (Å²) < 4.78 is 6.36. The van der Waals surface area contributed by atoms with Gasteiger partial charge >= 0.3 is 0 Å². The molecule has 3 heteroatoms. The standard InChI is InChI=1S/C14H14BrNO/c15-14-6-5-13(17-14)10-16-8-7-11-3-1-2-4-12(11)9-16/h1-6H,7-10H2. The predicted molar refractivity (Wildman–Crippen MR) is 70.7 cm³/mol. The number of furan rings is 1. The van der Waals surface area contributed by atoms with Gasteiger partial charge in [0.05, 0.1) is 6.54 Å². The molecular formula is C14H14BrNO. The van der Waals surface area contributed by atoms with E-state index in [9.17, 15) is 0 Å². The fourth-order valence-electron chi connectivity index (χ4n) is 2.35. The van der Waals surface area contributed by atoms with Crippen molar-refractivity contribution in [3.8, 4) is 0 Å². The van der Waals surface area contributed by atoms with Crippen LogP contribution in [0.4, 0.5) is 0 Å². The van der Waals surface area contributed by atoms with Gasteiger partial charge in [0, 0.05) is 13.1 Å². The minimum absolute atomic E-state index is 0.810. The first kappa shape index (κ1) is 11.1. The van der Waals surface area contributed by atoms with Gasteiger partial charge in [-0.05, 0) is 45.6 Å². The summed E-state index contributed by atoms with van der Waals surface area (Å²) in [5, 5.41) is 0. The van der Waals surface area contributed by atoms with Crippen molar-refractivity contribution in [2.24, 2.45) is 0 Å². The number of rotatable bonds is 2. The van der Waals surface area contributed by atoms with Crippen LogP contribution in [0, 0.1) is 0 Å². The fourth-order valence-corrected chi connectivity index (χ4v) is 2.69. The van der Waals surface area contributed by atoms with E-state index in [-0.39, 0.29) is 0 Å². The van der Waals surface area contributed by atoms with E-state index in [0.717, 1.165) is 36.5 Å². The first-order valence-electron chi connectivity index (χ1n) is 5.84. The van der Waals surface area contributed by atoms with Crippen LogP contribution >= 0.6 is 15.9 Å². The SMILES string of the molecule is Brc1ccc(CN2CCc3ccccc3C2)o1. The molecule has 0 atom stereocenters. The molecule has 0 aliphatic carbocycles. The summed E-state index contributed by atoms with van der Waals surface area (Å²) in [5.74, 6) is 1.02. The summed E-state index contributed by atoms with van der Waals surface area (Å²) in [6.07, 6.45) is 1.14. The molecule has 0 N–H and O–H groups in total. The van der Waals surface area contributed by atoms with Crippen molar-refractivity contribution >= 4 is 15.9 Å². The Morgan fingerprint density at radius 2 is 1.94 bits per heavy atom. The third-order valence-electron chi connectivity index (χ3n) is 3.22. The molecule has 0 amide bonds. The smallest absolute Gasteiger partial charge is 0.169 e. The second-order valence-corrected chi connectivity index (χ2v) is 5.22. The normalized spacial score (nSPS) is 15.8. The highest BCUT2D eigenvalue weighted by Gasteiger charge is 2.16. The van der Waals surface area contributed by atoms with E-state index in [1.807, 2.05) is 12.1 Å². The second kappa shape index (κ2) is 4.67. The van der Waals surface area contributed by atoms with Gasteiger partial charge in [0.1, 0.15) is 5.76 Å². The van der Waals surface area contributed by atoms with Gasteiger partial charge in [-0.15, -0.1) is 0 Å². The molecule has 2 aromatic rings. The van der Waals surface area contributed by atoms with Crippen LogP contribution in [-0.2, 0) is 19.5 Å². The van der Waals surface area contributed by atoms with E-state index < -0.39 is 0 Å². The molecule has 0 fully saturated rings. The molecule has 0 spiro atoms. The summed E-state index contributed by atoms with van der Waals surface area (Å²) in [4.78, 5) is 2.42. The highest BCUT2D eigenvalue weighted by atomic mass is 79.9. The minimum Gasteiger partial charge on any atom is -0.453 e. The van der Waals surface area contributed by atoms with Crippen LogP contribution in [0.25, 0.3) is 0 Å². The monoisotopic (exact) mass is 291 g/mol. The van der Waals surface area contributed by atoms with E-state index in [1.54, 1.807) is 0 Å². The predicted octanol–water partition coefficient (Wildman–Crippen LogP) is 3.60. The molecule has 88 valence electrons. The maximum atomic E-state index is 5.55. The molecule has 0 unspecified atom stereocenters. The summed E-state index contributed by atoms with van der Waals surface area (Å²) >= 11 is 3.34. The number of halogens is 1. The lowest BCUT2D eigenvalue weighted by atomic mass is 10.00. The van der Waals surface area contributed by atoms with Crippen molar-refractivity contribution < 1.29 is 4.42 Å². The summed E-state index contributed by atoms with van der Waals surface area (Å²) in [5.41, 5.74) is 2.94. The Labute approximate surface area is 109 Å². The van der Waals surface area contributed by atoms with Gasteiger partial charge < -0.3 is 4.42 Å². The highest BCUT2D eigenvalue weighted by molar-refractivity contribution is 9.10. The maximum Gasteiger partial charge on any atom is 0.169 e. The molecule has 1 aromatic heterocycles. The average molecular weight is 292 g/mol. The van der Waals surface area contributed by atoms with E-state index in [2.05, 4.69) is 45.1 Å². The Bertz CT molecular complexity index is 520. The van der Waals surface area contributed by atoms with Crippen molar-refractivity contribution in [1.82, 2.24) is 4.90 Å². The topological polar surface area (TPSA) is 16.4 Å². The zero-order chi connectivity index (χ0) is 11.7. The van der Waals surface area contributed by atoms with Gasteiger partial charge in [-0.3, -0.25) is 4.90 Å². The first-order chi connectivity index (χ1) is 8.31. The van der Waals surface area contributed by atoms with Crippen molar-refractivity contribution in [2.75, 3.05) is 6.54 Å². The van der Waals surface area contributed by atoms with Gasteiger partial charge in [0.15, 0.2) is 4.67 Å². The molecular weight excluding hydrogens is 278 g/mol. The van der Waals surface area contributed by atoms with Crippen molar-refractivity contribution in [2.45, 2.75) is 19.5 Å². The maximum absolute atomic E-state index is 5.55. The van der Waals surface area contributed by atoms with Crippen LogP contribution in [0.1, 0.15) is 16.9 Å². The van der Waals surface area contributed by atoms with Gasteiger partial charge in [0.2, 0.25) is 0 Å². The third kappa shape index (κ3) is 2.45. The van der Waals surface area contributed by atoms with Crippen LogP contribution in [-0.4, -0.2) is 11.4 Å². The van der Waals surface area contributed by atoms with Crippen molar-refractivity contribution in [1.29, 1.82) is 0 Å². The van der Waals surface area contributed by atoms with Crippen LogP contribution in [0.15, 0.2) is 45.5 Å². The van der Waals surface area contributed by atoms with E-state index >= 15 is 0 Å². The van der Waals surface area contributed by atoms with Crippen molar-refractivity contribution in [3.05, 3.63) is 58.0 Å². The Morgan fingerprint density at radius 3 is 2.71 bits per heavy atom. The molecule has 2 nitrogen and oxygen atoms in total. The molecule has 0 saturated heterocycles. The Morgan fingerprint density at radius 1 is 1.12 bits per heavy atom. The zero-order valence-corrected chi connectivity index (χ0v) is 11.1. The summed E-state index contributed by atoms with van der Waals surface area (Å²) in [6, 6.07) is 12.7. The molecule has 3 rings (SSSR count). The van der Waals surface area contributed by atoms with Crippen LogP contribution in [0.2, 0.25) is 0 Å². The molecule has 1 aliphatic rings. The third-order valence-corrected chi connectivity index (χ3v) is 3.64. The van der Waals surface area contributed by atoms with E-state index in [4.69, 9.17) is 4.42 Å². The van der Waals surface area contributed by atoms with Crippen LogP contribution < -0.4 is 0 Å². The van der Waals surface area contributed by atoms with Crippen molar-refractivity contribution in [3.63, 3.8) is 0 Å². The lowest BCUT2D eigenvalue weighted by Crippen LogP contribution is -2.29. The minimum atomic E-state index is 0.810. The van der Waals surface area contributed by atoms with Crippen LogP contribution in [0.5, 0.6) is 0 Å². The van der Waals surface area contributed by atoms with Gasteiger partial charge in [-0.1, -0.05) is 24.3 Å². The molecule has 0 radical (unpaired) electrons. The number of fused-ring (bicyclic) bond motifs is 1. The summed E-state index contributed by atoms with van der Waals surface area (Å²) in [7, 11) is 0. The number of hydrogen-bond acceptors (Lipinski definition) is 2. The molecule has 1 aliphatic heterocycles. The average Bonchev–Trinajstić information content (AvgIpc) is 2.75. The largest absolute Gasteiger partial charge is 0.453 e. The Balaban J connectivity index is 1.72. The lowest BCUT2D eigenvalue weighted by Gasteiger charge is -2.27. The highest BCUT2D eigenvalue weighted by Crippen LogP contribution is 2.21. The fraction of sp³-hybridized carbons (Fsp3) is 0.286. The molecule has 0 saturated carbocycles. The molecule has 2 heterocycles. The quantitative estimate of drug-likeness (QED) is 0.841. The lowest BCUT2D eigenvalue weighted by molar-refractivity contribution is 0.224. The number of hydrogen-bond donors (Lipinski definition) is 0. The van der Waals surface area contributed by atoms with Gasteiger partial charge in [-0.2, -0.15) is 0 Å². The Hall–Kier alpha value is -1.06. The van der Waals surface area contributed by atoms with Crippen LogP contribution in [0.3, 0.4) is 0 Å². The molecule has 17 heavy (non-hydrogen) atoms. The number of benzene rings is 1. The molecule has 0 bridgehead atoms. The van der Waals surface area contributed by atoms with E-state index in [0.29, 0.717) is 0 Å². The molecule has 1 aromatic carbocycles. The first-order valence-corrected chi connectivity index (χ1v) is 6.64.